The summed E-state index contributed by atoms with van der Waals surface area (Å²) < 4.78 is 48.4. The van der Waals surface area contributed by atoms with Crippen molar-refractivity contribution in [2.75, 3.05) is 13.7 Å². The minimum Gasteiger partial charge on any atom is -0.495 e. The van der Waals surface area contributed by atoms with E-state index < -0.39 is 15.8 Å². The Morgan fingerprint density at radius 1 is 1.20 bits per heavy atom. The van der Waals surface area contributed by atoms with Crippen molar-refractivity contribution in [3.63, 3.8) is 0 Å². The number of methoxy groups -OCH3 is 1. The number of halogens is 1. The van der Waals surface area contributed by atoms with Crippen molar-refractivity contribution in [1.29, 1.82) is 0 Å². The monoisotopic (exact) mass is 430 g/mol. The summed E-state index contributed by atoms with van der Waals surface area (Å²) in [6.45, 7) is 0.490. The molecule has 0 unspecified atom stereocenters. The SMILES string of the molecule is COc1ccc(F)cc1S(=O)(=O)NCCn1nc(-c2ccccn2)c2c1CCCC2. The number of hydrogen-bond acceptors (Lipinski definition) is 5. The van der Waals surface area contributed by atoms with E-state index in [2.05, 4.69) is 9.71 Å². The van der Waals surface area contributed by atoms with Gasteiger partial charge in [0.1, 0.15) is 22.2 Å². The molecule has 0 amide bonds. The lowest BCUT2D eigenvalue weighted by Gasteiger charge is -2.15. The number of hydrogen-bond donors (Lipinski definition) is 1. The van der Waals surface area contributed by atoms with E-state index in [4.69, 9.17) is 9.84 Å². The van der Waals surface area contributed by atoms with Gasteiger partial charge in [-0.3, -0.25) is 9.67 Å². The molecule has 30 heavy (non-hydrogen) atoms. The quantitative estimate of drug-likeness (QED) is 0.623. The summed E-state index contributed by atoms with van der Waals surface area (Å²) in [6, 6.07) is 9.13. The number of sulfonamides is 1. The summed E-state index contributed by atoms with van der Waals surface area (Å²) in [7, 11) is -2.58. The van der Waals surface area contributed by atoms with Gasteiger partial charge in [0.2, 0.25) is 10.0 Å². The zero-order chi connectivity index (χ0) is 21.1. The number of pyridine rings is 1. The number of ether oxygens (including phenoxy) is 1. The zero-order valence-electron chi connectivity index (χ0n) is 16.6. The Balaban J connectivity index is 1.55. The average molecular weight is 431 g/mol. The van der Waals surface area contributed by atoms with Crippen LogP contribution in [0.15, 0.2) is 47.5 Å². The van der Waals surface area contributed by atoms with E-state index >= 15 is 0 Å². The molecule has 2 aromatic heterocycles. The normalized spacial score (nSPS) is 13.8. The maximum absolute atomic E-state index is 13.6. The van der Waals surface area contributed by atoms with Gasteiger partial charge < -0.3 is 4.74 Å². The second-order valence-corrected chi connectivity index (χ2v) is 8.85. The minimum absolute atomic E-state index is 0.0952. The predicted octanol–water partition coefficient (Wildman–Crippen LogP) is 2.95. The van der Waals surface area contributed by atoms with Crippen LogP contribution in [0, 0.1) is 5.82 Å². The van der Waals surface area contributed by atoms with E-state index in [1.165, 1.54) is 18.7 Å². The van der Waals surface area contributed by atoms with Gasteiger partial charge >= 0.3 is 0 Å². The first-order valence-corrected chi connectivity index (χ1v) is 11.3. The second kappa shape index (κ2) is 8.53. The van der Waals surface area contributed by atoms with E-state index in [0.29, 0.717) is 6.54 Å². The Hall–Kier alpha value is -2.78. The van der Waals surface area contributed by atoms with Gasteiger partial charge in [0.25, 0.3) is 0 Å². The number of benzene rings is 1. The third kappa shape index (κ3) is 4.08. The predicted molar refractivity (Wildman–Crippen MR) is 110 cm³/mol. The lowest BCUT2D eigenvalue weighted by molar-refractivity contribution is 0.400. The van der Waals surface area contributed by atoms with Crippen LogP contribution >= 0.6 is 0 Å². The van der Waals surface area contributed by atoms with Crippen LogP contribution in [-0.4, -0.2) is 36.8 Å². The van der Waals surface area contributed by atoms with Crippen LogP contribution in [-0.2, 0) is 29.4 Å². The van der Waals surface area contributed by atoms with Crippen molar-refractivity contribution >= 4 is 10.0 Å². The summed E-state index contributed by atoms with van der Waals surface area (Å²) in [6.07, 6.45) is 5.76. The lowest BCUT2D eigenvalue weighted by Crippen LogP contribution is -2.28. The zero-order valence-corrected chi connectivity index (χ0v) is 17.5. The van der Waals surface area contributed by atoms with Crippen LogP contribution in [0.25, 0.3) is 11.4 Å². The van der Waals surface area contributed by atoms with Crippen LogP contribution < -0.4 is 9.46 Å². The van der Waals surface area contributed by atoms with Gasteiger partial charge in [-0.1, -0.05) is 6.07 Å². The van der Waals surface area contributed by atoms with Crippen molar-refractivity contribution in [2.24, 2.45) is 0 Å². The molecule has 3 aromatic rings. The van der Waals surface area contributed by atoms with Gasteiger partial charge in [-0.25, -0.2) is 17.5 Å². The van der Waals surface area contributed by atoms with Gasteiger partial charge in [0.15, 0.2) is 0 Å². The maximum atomic E-state index is 13.6. The standard InChI is InChI=1S/C21H23FN4O3S/c1-29-19-10-9-15(22)14-20(19)30(27,28)24-12-13-26-18-8-3-2-6-16(18)21(25-26)17-7-4-5-11-23-17/h4-5,7,9-11,14,24H,2-3,6,8,12-13H2,1H3. The van der Waals surface area contributed by atoms with E-state index in [1.807, 2.05) is 22.9 Å². The molecule has 1 aliphatic rings. The van der Waals surface area contributed by atoms with Crippen molar-refractivity contribution in [3.8, 4) is 17.1 Å². The number of nitrogens with zero attached hydrogens (tertiary/aromatic N) is 3. The Kier molecular flexibility index (Phi) is 5.83. The summed E-state index contributed by atoms with van der Waals surface area (Å²) in [5.41, 5.74) is 4.00. The summed E-state index contributed by atoms with van der Waals surface area (Å²) >= 11 is 0. The van der Waals surface area contributed by atoms with Gasteiger partial charge in [-0.05, 0) is 56.0 Å². The molecule has 0 radical (unpaired) electrons. The molecule has 2 heterocycles. The molecular weight excluding hydrogens is 407 g/mol. The van der Waals surface area contributed by atoms with Gasteiger partial charge in [0, 0.05) is 24.0 Å². The third-order valence-electron chi connectivity index (χ3n) is 5.20. The molecule has 9 heteroatoms. The molecule has 0 fully saturated rings. The number of nitrogens with one attached hydrogen (secondary N) is 1. The summed E-state index contributed by atoms with van der Waals surface area (Å²) in [5, 5.41) is 4.74. The van der Waals surface area contributed by atoms with Gasteiger partial charge in [-0.15, -0.1) is 0 Å². The number of fused-ring (bicyclic) bond motifs is 1. The van der Waals surface area contributed by atoms with Crippen LogP contribution in [0.4, 0.5) is 4.39 Å². The molecule has 158 valence electrons. The second-order valence-electron chi connectivity index (χ2n) is 7.11. The van der Waals surface area contributed by atoms with E-state index in [0.717, 1.165) is 54.9 Å². The molecule has 1 aromatic carbocycles. The Bertz CT molecular complexity index is 1150. The molecule has 1 N–H and O–H groups in total. The molecule has 4 rings (SSSR count). The molecule has 0 saturated carbocycles. The Morgan fingerprint density at radius 2 is 2.03 bits per heavy atom. The molecular formula is C21H23FN4O3S. The van der Waals surface area contributed by atoms with Crippen LogP contribution in [0.5, 0.6) is 5.75 Å². The molecule has 0 spiro atoms. The molecule has 0 bridgehead atoms. The first kappa shape index (κ1) is 20.5. The van der Waals surface area contributed by atoms with Gasteiger partial charge in [-0.2, -0.15) is 5.10 Å². The topological polar surface area (TPSA) is 86.1 Å². The van der Waals surface area contributed by atoms with Crippen molar-refractivity contribution in [1.82, 2.24) is 19.5 Å². The van der Waals surface area contributed by atoms with Crippen LogP contribution in [0.1, 0.15) is 24.1 Å². The first-order chi connectivity index (χ1) is 14.5. The highest BCUT2D eigenvalue weighted by Crippen LogP contribution is 2.30. The molecule has 0 atom stereocenters. The number of rotatable bonds is 7. The molecule has 0 aliphatic heterocycles. The van der Waals surface area contributed by atoms with Crippen molar-refractivity contribution in [2.45, 2.75) is 37.1 Å². The first-order valence-electron chi connectivity index (χ1n) is 9.83. The van der Waals surface area contributed by atoms with E-state index in [1.54, 1.807) is 6.20 Å². The number of aromatic nitrogens is 3. The highest BCUT2D eigenvalue weighted by atomic mass is 32.2. The van der Waals surface area contributed by atoms with Crippen molar-refractivity contribution in [3.05, 3.63) is 59.7 Å². The fourth-order valence-corrected chi connectivity index (χ4v) is 4.99. The third-order valence-corrected chi connectivity index (χ3v) is 6.68. The molecule has 1 aliphatic carbocycles. The Labute approximate surface area is 175 Å². The lowest BCUT2D eigenvalue weighted by atomic mass is 9.95. The molecule has 7 nitrogen and oxygen atoms in total. The minimum atomic E-state index is -3.93. The van der Waals surface area contributed by atoms with Crippen molar-refractivity contribution < 1.29 is 17.5 Å². The average Bonchev–Trinajstić information content (AvgIpc) is 3.13. The molecule has 0 saturated heterocycles. The summed E-state index contributed by atoms with van der Waals surface area (Å²) in [5.74, 6) is -0.546. The highest BCUT2D eigenvalue weighted by Gasteiger charge is 2.23. The van der Waals surface area contributed by atoms with Crippen LogP contribution in [0.2, 0.25) is 0 Å². The highest BCUT2D eigenvalue weighted by molar-refractivity contribution is 7.89. The largest absolute Gasteiger partial charge is 0.495 e. The fraction of sp³-hybridized carbons (Fsp3) is 0.333. The van der Waals surface area contributed by atoms with Gasteiger partial charge in [0.05, 0.1) is 19.3 Å². The van der Waals surface area contributed by atoms with E-state index in [9.17, 15) is 12.8 Å². The van der Waals surface area contributed by atoms with E-state index in [-0.39, 0.29) is 17.2 Å². The fourth-order valence-electron chi connectivity index (χ4n) is 3.79. The smallest absolute Gasteiger partial charge is 0.244 e. The maximum Gasteiger partial charge on any atom is 0.244 e. The summed E-state index contributed by atoms with van der Waals surface area (Å²) in [4.78, 5) is 4.20. The van der Waals surface area contributed by atoms with Crippen LogP contribution in [0.3, 0.4) is 0 Å². The Morgan fingerprint density at radius 3 is 2.80 bits per heavy atom.